The molecule has 0 saturated carbocycles. The summed E-state index contributed by atoms with van der Waals surface area (Å²) >= 11 is 1.74. The van der Waals surface area contributed by atoms with Crippen molar-refractivity contribution in [3.05, 3.63) is 40.3 Å². The van der Waals surface area contributed by atoms with Crippen LogP contribution < -0.4 is 5.32 Å². The van der Waals surface area contributed by atoms with Crippen LogP contribution in [-0.2, 0) is 11.2 Å². The topological polar surface area (TPSA) is 61.0 Å². The zero-order valence-electron chi connectivity index (χ0n) is 12.6. The minimum atomic E-state index is 0.127. The molecular formula is C16H22N4OS. The molecule has 3 heterocycles. The van der Waals surface area contributed by atoms with Gasteiger partial charge in [-0.15, -0.1) is 11.3 Å². The van der Waals surface area contributed by atoms with Gasteiger partial charge in [0, 0.05) is 35.8 Å². The summed E-state index contributed by atoms with van der Waals surface area (Å²) in [5, 5.41) is 12.2. The number of aromatic nitrogens is 2. The van der Waals surface area contributed by atoms with Crippen molar-refractivity contribution in [3.63, 3.8) is 0 Å². The first-order valence-corrected chi connectivity index (χ1v) is 8.70. The van der Waals surface area contributed by atoms with Crippen LogP contribution in [0.4, 0.5) is 0 Å². The van der Waals surface area contributed by atoms with Gasteiger partial charge in [0.2, 0.25) is 5.91 Å². The molecule has 3 rings (SSSR count). The predicted molar refractivity (Wildman–Crippen MR) is 88.0 cm³/mol. The van der Waals surface area contributed by atoms with Crippen molar-refractivity contribution < 1.29 is 4.79 Å². The van der Waals surface area contributed by atoms with E-state index < -0.39 is 0 Å². The molecule has 1 atom stereocenters. The number of thiophene rings is 1. The number of likely N-dealkylation sites (tertiary alicyclic amines) is 1. The number of nitrogens with zero attached hydrogens (tertiary/aromatic N) is 2. The maximum absolute atomic E-state index is 12.1. The predicted octanol–water partition coefficient (Wildman–Crippen LogP) is 2.01. The minimum absolute atomic E-state index is 0.127. The number of rotatable bonds is 6. The van der Waals surface area contributed by atoms with E-state index in [1.807, 2.05) is 12.1 Å². The largest absolute Gasteiger partial charge is 0.355 e. The second kappa shape index (κ2) is 7.56. The highest BCUT2D eigenvalue weighted by molar-refractivity contribution is 7.09. The van der Waals surface area contributed by atoms with Crippen LogP contribution in [0.5, 0.6) is 0 Å². The average Bonchev–Trinajstić information content (AvgIpc) is 3.21. The zero-order chi connectivity index (χ0) is 15.2. The highest BCUT2D eigenvalue weighted by atomic mass is 32.1. The summed E-state index contributed by atoms with van der Waals surface area (Å²) in [5.74, 6) is 0.594. The first-order chi connectivity index (χ1) is 10.8. The molecule has 6 heteroatoms. The Kier molecular flexibility index (Phi) is 5.24. The van der Waals surface area contributed by atoms with E-state index in [1.54, 1.807) is 17.5 Å². The molecule has 2 aromatic heterocycles. The fraction of sp³-hybridized carbons (Fsp3) is 0.500. The van der Waals surface area contributed by atoms with Gasteiger partial charge in [-0.2, -0.15) is 5.10 Å². The quantitative estimate of drug-likeness (QED) is 0.856. The van der Waals surface area contributed by atoms with E-state index in [9.17, 15) is 4.79 Å². The Morgan fingerprint density at radius 1 is 1.50 bits per heavy atom. The molecule has 0 spiro atoms. The molecule has 1 saturated heterocycles. The van der Waals surface area contributed by atoms with E-state index in [0.717, 1.165) is 32.5 Å². The number of hydrogen-bond acceptors (Lipinski definition) is 4. The molecule has 5 nitrogen and oxygen atoms in total. The van der Waals surface area contributed by atoms with Crippen molar-refractivity contribution in [2.75, 3.05) is 26.2 Å². The van der Waals surface area contributed by atoms with Gasteiger partial charge in [0.15, 0.2) is 0 Å². The molecular weight excluding hydrogens is 296 g/mol. The van der Waals surface area contributed by atoms with E-state index in [4.69, 9.17) is 0 Å². The van der Waals surface area contributed by atoms with Gasteiger partial charge in [0.1, 0.15) is 0 Å². The third-order valence-electron chi connectivity index (χ3n) is 4.11. The molecule has 0 aromatic carbocycles. The van der Waals surface area contributed by atoms with Gasteiger partial charge in [-0.25, -0.2) is 0 Å². The van der Waals surface area contributed by atoms with Gasteiger partial charge in [-0.3, -0.25) is 14.8 Å². The van der Waals surface area contributed by atoms with E-state index in [2.05, 4.69) is 31.9 Å². The van der Waals surface area contributed by atoms with Gasteiger partial charge in [0.05, 0.1) is 6.54 Å². The summed E-state index contributed by atoms with van der Waals surface area (Å²) in [7, 11) is 0. The van der Waals surface area contributed by atoms with Crippen LogP contribution in [0.1, 0.15) is 29.3 Å². The van der Waals surface area contributed by atoms with Gasteiger partial charge in [0.25, 0.3) is 0 Å². The summed E-state index contributed by atoms with van der Waals surface area (Å²) in [6.07, 6.45) is 5.01. The van der Waals surface area contributed by atoms with Gasteiger partial charge < -0.3 is 5.32 Å². The summed E-state index contributed by atoms with van der Waals surface area (Å²) in [5.41, 5.74) is 1.18. The van der Waals surface area contributed by atoms with Crippen molar-refractivity contribution >= 4 is 17.2 Å². The molecule has 2 N–H and O–H groups in total. The van der Waals surface area contributed by atoms with E-state index in [1.165, 1.54) is 17.0 Å². The third kappa shape index (κ3) is 4.18. The third-order valence-corrected chi connectivity index (χ3v) is 5.04. The van der Waals surface area contributed by atoms with E-state index in [0.29, 0.717) is 12.5 Å². The van der Waals surface area contributed by atoms with Crippen molar-refractivity contribution in [1.82, 2.24) is 20.4 Å². The molecule has 2 aromatic rings. The van der Waals surface area contributed by atoms with E-state index >= 15 is 0 Å². The number of hydrogen-bond donors (Lipinski definition) is 2. The second-order valence-electron chi connectivity index (χ2n) is 5.77. The lowest BCUT2D eigenvalue weighted by atomic mass is 9.95. The molecule has 0 bridgehead atoms. The molecule has 0 radical (unpaired) electrons. The Morgan fingerprint density at radius 2 is 2.45 bits per heavy atom. The fourth-order valence-electron chi connectivity index (χ4n) is 2.99. The van der Waals surface area contributed by atoms with Gasteiger partial charge in [-0.05, 0) is 43.3 Å². The van der Waals surface area contributed by atoms with Crippen LogP contribution in [-0.4, -0.2) is 47.2 Å². The molecule has 118 valence electrons. The first-order valence-electron chi connectivity index (χ1n) is 7.82. The molecule has 1 amide bonds. The highest BCUT2D eigenvalue weighted by Gasteiger charge is 2.23. The van der Waals surface area contributed by atoms with Crippen LogP contribution in [0.3, 0.4) is 0 Å². The maximum Gasteiger partial charge on any atom is 0.234 e. The summed E-state index contributed by atoms with van der Waals surface area (Å²) in [6, 6.07) is 6.19. The molecule has 1 aliphatic heterocycles. The number of carbonyl (C=O) groups excluding carboxylic acids is 1. The van der Waals surface area contributed by atoms with Gasteiger partial charge >= 0.3 is 0 Å². The highest BCUT2D eigenvalue weighted by Crippen LogP contribution is 2.24. The summed E-state index contributed by atoms with van der Waals surface area (Å²) in [4.78, 5) is 15.6. The lowest BCUT2D eigenvalue weighted by Crippen LogP contribution is -2.42. The fourth-order valence-corrected chi connectivity index (χ4v) is 3.69. The monoisotopic (exact) mass is 318 g/mol. The van der Waals surface area contributed by atoms with Gasteiger partial charge in [-0.1, -0.05) is 6.07 Å². The van der Waals surface area contributed by atoms with Crippen LogP contribution >= 0.6 is 11.3 Å². The maximum atomic E-state index is 12.1. The number of nitrogens with one attached hydrogen (secondary N) is 2. The Bertz CT molecular complexity index is 567. The first kappa shape index (κ1) is 15.2. The molecule has 22 heavy (non-hydrogen) atoms. The standard InChI is InChI=1S/C16H22N4OS/c21-16(17-7-5-14-4-2-10-22-14)12-20-9-1-3-13(11-20)15-6-8-18-19-15/h2,4,6,8,10,13H,1,3,5,7,9,11-12H2,(H,17,21)(H,18,19)/t13-/m1/s1. The SMILES string of the molecule is O=C(CN1CCC[C@@H](c2ccn[nH]2)C1)NCCc1cccs1. The molecule has 0 aliphatic carbocycles. The molecule has 1 fully saturated rings. The van der Waals surface area contributed by atoms with Crippen LogP contribution in [0.25, 0.3) is 0 Å². The van der Waals surface area contributed by atoms with Crippen molar-refractivity contribution in [1.29, 1.82) is 0 Å². The number of H-pyrrole nitrogens is 1. The minimum Gasteiger partial charge on any atom is -0.355 e. The lowest BCUT2D eigenvalue weighted by molar-refractivity contribution is -0.122. The Balaban J connectivity index is 1.41. The average molecular weight is 318 g/mol. The normalized spacial score (nSPS) is 19.2. The van der Waals surface area contributed by atoms with Crippen molar-refractivity contribution in [3.8, 4) is 0 Å². The van der Waals surface area contributed by atoms with Crippen molar-refractivity contribution in [2.24, 2.45) is 0 Å². The second-order valence-corrected chi connectivity index (χ2v) is 6.80. The lowest BCUT2D eigenvalue weighted by Gasteiger charge is -2.31. The number of aromatic amines is 1. The number of amides is 1. The Hall–Kier alpha value is -1.66. The smallest absolute Gasteiger partial charge is 0.234 e. The Morgan fingerprint density at radius 3 is 3.23 bits per heavy atom. The van der Waals surface area contributed by atoms with E-state index in [-0.39, 0.29) is 5.91 Å². The molecule has 0 unspecified atom stereocenters. The Labute approximate surface area is 134 Å². The van der Waals surface area contributed by atoms with Crippen LogP contribution in [0.2, 0.25) is 0 Å². The van der Waals surface area contributed by atoms with Crippen LogP contribution in [0.15, 0.2) is 29.8 Å². The summed E-state index contributed by atoms with van der Waals surface area (Å²) < 4.78 is 0. The van der Waals surface area contributed by atoms with Crippen LogP contribution in [0, 0.1) is 0 Å². The molecule has 1 aliphatic rings. The number of piperidine rings is 1. The number of carbonyl (C=O) groups is 1. The zero-order valence-corrected chi connectivity index (χ0v) is 13.4. The summed E-state index contributed by atoms with van der Waals surface area (Å²) in [6.45, 7) is 3.15. The van der Waals surface area contributed by atoms with Crippen molar-refractivity contribution in [2.45, 2.75) is 25.2 Å².